The number of carbonyl (C=O) groups is 1. The normalized spacial score (nSPS) is 24.1. The topological polar surface area (TPSA) is 29.5 Å². The van der Waals surface area contributed by atoms with Crippen molar-refractivity contribution in [3.05, 3.63) is 34.6 Å². The molecule has 1 aromatic rings. The Kier molecular flexibility index (Phi) is 3.88. The lowest BCUT2D eigenvalue weighted by molar-refractivity contribution is -0.0586. The molecule has 0 spiro atoms. The number of morpholine rings is 1. The summed E-state index contributed by atoms with van der Waals surface area (Å²) in [6.45, 7) is 4.84. The molecule has 1 aromatic carbocycles. The van der Waals surface area contributed by atoms with E-state index in [1.807, 2.05) is 13.8 Å². The molecule has 0 bridgehead atoms. The van der Waals surface area contributed by atoms with Crippen molar-refractivity contribution in [2.75, 3.05) is 13.1 Å². The van der Waals surface area contributed by atoms with E-state index < -0.39 is 5.82 Å². The van der Waals surface area contributed by atoms with Crippen LogP contribution < -0.4 is 0 Å². The lowest BCUT2D eigenvalue weighted by Crippen LogP contribution is -2.48. The lowest BCUT2D eigenvalue weighted by atomic mass is 10.1. The van der Waals surface area contributed by atoms with Gasteiger partial charge in [-0.1, -0.05) is 11.6 Å². The number of carbonyl (C=O) groups excluding carboxylic acids is 1. The van der Waals surface area contributed by atoms with Gasteiger partial charge in [-0.3, -0.25) is 4.79 Å². The summed E-state index contributed by atoms with van der Waals surface area (Å²) in [6, 6.07) is 3.87. The van der Waals surface area contributed by atoms with Gasteiger partial charge in [-0.25, -0.2) is 4.39 Å². The van der Waals surface area contributed by atoms with Crippen LogP contribution in [0.1, 0.15) is 24.2 Å². The Balaban J connectivity index is 2.20. The van der Waals surface area contributed by atoms with Crippen LogP contribution in [0.3, 0.4) is 0 Å². The average Bonchev–Trinajstić information content (AvgIpc) is 2.25. The molecule has 2 rings (SSSR count). The predicted molar refractivity (Wildman–Crippen MR) is 67.3 cm³/mol. The van der Waals surface area contributed by atoms with Gasteiger partial charge in [0.2, 0.25) is 0 Å². The highest BCUT2D eigenvalue weighted by atomic mass is 35.5. The Bertz CT molecular complexity index is 436. The molecule has 0 radical (unpaired) electrons. The first-order chi connectivity index (χ1) is 8.45. The molecule has 1 fully saturated rings. The molecule has 2 unspecified atom stereocenters. The highest BCUT2D eigenvalue weighted by Gasteiger charge is 2.26. The fourth-order valence-corrected chi connectivity index (χ4v) is 2.43. The van der Waals surface area contributed by atoms with E-state index in [1.54, 1.807) is 4.90 Å². The van der Waals surface area contributed by atoms with Gasteiger partial charge in [0.05, 0.1) is 12.2 Å². The maximum Gasteiger partial charge on any atom is 0.254 e. The summed E-state index contributed by atoms with van der Waals surface area (Å²) in [5.41, 5.74) is 0.279. The van der Waals surface area contributed by atoms with Gasteiger partial charge in [-0.15, -0.1) is 0 Å². The molecule has 0 saturated carbocycles. The van der Waals surface area contributed by atoms with Crippen LogP contribution in [0.4, 0.5) is 4.39 Å². The molecule has 1 saturated heterocycles. The molecule has 1 amide bonds. The van der Waals surface area contributed by atoms with Gasteiger partial charge in [0.15, 0.2) is 0 Å². The number of hydrogen-bond acceptors (Lipinski definition) is 2. The molecule has 5 heteroatoms. The summed E-state index contributed by atoms with van der Waals surface area (Å²) in [7, 11) is 0. The third-order valence-electron chi connectivity index (χ3n) is 2.82. The van der Waals surface area contributed by atoms with E-state index in [2.05, 4.69) is 0 Å². The summed E-state index contributed by atoms with van der Waals surface area (Å²) in [4.78, 5) is 13.9. The number of nitrogens with zero attached hydrogens (tertiary/aromatic N) is 1. The van der Waals surface area contributed by atoms with Crippen LogP contribution in [0, 0.1) is 5.82 Å². The first kappa shape index (κ1) is 13.3. The van der Waals surface area contributed by atoms with Crippen molar-refractivity contribution in [1.29, 1.82) is 0 Å². The molecule has 3 nitrogen and oxygen atoms in total. The zero-order valence-corrected chi connectivity index (χ0v) is 11.1. The molecule has 98 valence electrons. The molecule has 1 heterocycles. The van der Waals surface area contributed by atoms with Gasteiger partial charge in [0.1, 0.15) is 5.82 Å². The predicted octanol–water partition coefficient (Wildman–Crippen LogP) is 2.73. The van der Waals surface area contributed by atoms with E-state index in [0.717, 1.165) is 0 Å². The van der Waals surface area contributed by atoms with Gasteiger partial charge in [0.25, 0.3) is 5.91 Å². The molecule has 1 aliphatic heterocycles. The average molecular weight is 272 g/mol. The first-order valence-corrected chi connectivity index (χ1v) is 6.24. The van der Waals surface area contributed by atoms with Crippen LogP contribution in [0.5, 0.6) is 0 Å². The second-order valence-electron chi connectivity index (χ2n) is 4.63. The third-order valence-corrected chi connectivity index (χ3v) is 3.03. The van der Waals surface area contributed by atoms with E-state index in [1.165, 1.54) is 18.2 Å². The van der Waals surface area contributed by atoms with Gasteiger partial charge < -0.3 is 9.64 Å². The van der Waals surface area contributed by atoms with Gasteiger partial charge in [0, 0.05) is 23.7 Å². The number of rotatable bonds is 1. The zero-order valence-electron chi connectivity index (χ0n) is 10.3. The minimum atomic E-state index is -0.500. The van der Waals surface area contributed by atoms with Crippen LogP contribution >= 0.6 is 11.6 Å². The van der Waals surface area contributed by atoms with Gasteiger partial charge in [-0.05, 0) is 32.0 Å². The minimum absolute atomic E-state index is 0.0123. The Morgan fingerprint density at radius 3 is 2.50 bits per heavy atom. The number of benzene rings is 1. The van der Waals surface area contributed by atoms with Gasteiger partial charge >= 0.3 is 0 Å². The Hall–Kier alpha value is -1.13. The zero-order chi connectivity index (χ0) is 13.3. The summed E-state index contributed by atoms with van der Waals surface area (Å²) in [6.07, 6.45) is -0.0246. The molecule has 0 N–H and O–H groups in total. The largest absolute Gasteiger partial charge is 0.372 e. The van der Waals surface area contributed by atoms with E-state index in [9.17, 15) is 9.18 Å². The summed E-state index contributed by atoms with van der Waals surface area (Å²) in [5, 5.41) is 0.229. The van der Waals surface area contributed by atoms with Gasteiger partial charge in [-0.2, -0.15) is 0 Å². The van der Waals surface area contributed by atoms with Crippen molar-refractivity contribution in [3.63, 3.8) is 0 Å². The quantitative estimate of drug-likeness (QED) is 0.786. The van der Waals surface area contributed by atoms with Crippen molar-refractivity contribution in [3.8, 4) is 0 Å². The van der Waals surface area contributed by atoms with E-state index in [4.69, 9.17) is 16.3 Å². The number of ether oxygens (including phenoxy) is 1. The van der Waals surface area contributed by atoms with Crippen LogP contribution in [-0.4, -0.2) is 36.1 Å². The molecular weight excluding hydrogens is 257 g/mol. The number of amides is 1. The van der Waals surface area contributed by atoms with Crippen molar-refractivity contribution >= 4 is 17.5 Å². The van der Waals surface area contributed by atoms with Crippen molar-refractivity contribution in [2.45, 2.75) is 26.1 Å². The molecule has 2 atom stereocenters. The van der Waals surface area contributed by atoms with E-state index in [0.29, 0.717) is 13.1 Å². The maximum atomic E-state index is 13.2. The second-order valence-corrected chi connectivity index (χ2v) is 5.06. The maximum absolute atomic E-state index is 13.2. The molecular formula is C13H15ClFNO2. The van der Waals surface area contributed by atoms with Crippen LogP contribution in [0.15, 0.2) is 18.2 Å². The van der Waals surface area contributed by atoms with E-state index in [-0.39, 0.29) is 28.7 Å². The van der Waals surface area contributed by atoms with Crippen molar-refractivity contribution in [1.82, 2.24) is 4.90 Å². The smallest absolute Gasteiger partial charge is 0.254 e. The van der Waals surface area contributed by atoms with Crippen LogP contribution in [-0.2, 0) is 4.74 Å². The highest BCUT2D eigenvalue weighted by molar-refractivity contribution is 6.31. The second kappa shape index (κ2) is 5.24. The number of hydrogen-bond donors (Lipinski definition) is 0. The monoisotopic (exact) mass is 271 g/mol. The molecule has 0 aliphatic carbocycles. The van der Waals surface area contributed by atoms with Crippen LogP contribution in [0.2, 0.25) is 5.02 Å². The summed E-state index contributed by atoms with van der Waals surface area (Å²) < 4.78 is 18.8. The summed E-state index contributed by atoms with van der Waals surface area (Å²) >= 11 is 5.76. The Morgan fingerprint density at radius 1 is 1.33 bits per heavy atom. The molecule has 1 aliphatic rings. The highest BCUT2D eigenvalue weighted by Crippen LogP contribution is 2.18. The minimum Gasteiger partial charge on any atom is -0.372 e. The van der Waals surface area contributed by atoms with Crippen molar-refractivity contribution in [2.24, 2.45) is 0 Å². The fourth-order valence-electron chi connectivity index (χ4n) is 2.20. The Labute approximate surface area is 110 Å². The third kappa shape index (κ3) is 3.00. The SMILES string of the molecule is CC1CN(C(=O)c2cc(F)cc(Cl)c2)CC(C)O1. The summed E-state index contributed by atoms with van der Waals surface area (Å²) in [5.74, 6) is -0.710. The molecule has 18 heavy (non-hydrogen) atoms. The lowest BCUT2D eigenvalue weighted by Gasteiger charge is -2.35. The fraction of sp³-hybridized carbons (Fsp3) is 0.462. The van der Waals surface area contributed by atoms with E-state index >= 15 is 0 Å². The van der Waals surface area contributed by atoms with Crippen LogP contribution in [0.25, 0.3) is 0 Å². The number of halogens is 2. The van der Waals surface area contributed by atoms with Crippen molar-refractivity contribution < 1.29 is 13.9 Å². The first-order valence-electron chi connectivity index (χ1n) is 5.86. The molecule has 0 aromatic heterocycles. The standard InChI is InChI=1S/C13H15ClFNO2/c1-8-6-16(7-9(2)18-8)13(17)10-3-11(14)5-12(15)4-10/h3-5,8-9H,6-7H2,1-2H3. The Morgan fingerprint density at radius 2 is 1.94 bits per heavy atom.